The average Bonchev–Trinajstić information content (AvgIpc) is 3.28. The largest absolute Gasteiger partial charge is 0.416 e. The van der Waals surface area contributed by atoms with E-state index in [9.17, 15) is 31.6 Å². The van der Waals surface area contributed by atoms with E-state index in [4.69, 9.17) is 16.5 Å². The summed E-state index contributed by atoms with van der Waals surface area (Å²) in [7, 11) is 0. The minimum Gasteiger partial charge on any atom is -0.245 e. The van der Waals surface area contributed by atoms with Crippen LogP contribution in [0, 0.1) is 17.9 Å². The summed E-state index contributed by atoms with van der Waals surface area (Å²) in [5.41, 5.74) is 2.81. The van der Waals surface area contributed by atoms with E-state index in [1.165, 1.54) is 24.3 Å². The first-order valence-corrected chi connectivity index (χ1v) is 12.3. The van der Waals surface area contributed by atoms with Gasteiger partial charge in [-0.3, -0.25) is 0 Å². The van der Waals surface area contributed by atoms with Gasteiger partial charge < -0.3 is 0 Å². The molecule has 1 aliphatic rings. The molecule has 0 unspecified atom stereocenters. The smallest absolute Gasteiger partial charge is 0.245 e. The van der Waals surface area contributed by atoms with Crippen LogP contribution in [0.4, 0.5) is 26.3 Å². The van der Waals surface area contributed by atoms with Crippen LogP contribution in [0.1, 0.15) is 22.4 Å². The maximum Gasteiger partial charge on any atom is 0.416 e. The standard InChI is InChI=1S/C32H14F6N4/c1-40-27(16-39)28-21-4-2-3-5-22(21)29-30(28)42-26-15-24(18-8-12-20(13-9-18)32(36,37)38)23(14-25(26)41-29)17-6-10-19(11-7-17)31(33,34)35/h2-15H. The third-order valence-electron chi connectivity index (χ3n) is 6.99. The van der Waals surface area contributed by atoms with Gasteiger partial charge in [-0.05, 0) is 64.2 Å². The summed E-state index contributed by atoms with van der Waals surface area (Å²) >= 11 is 0. The highest BCUT2D eigenvalue weighted by Crippen LogP contribution is 2.46. The Bertz CT molecular complexity index is 1990. The minimum atomic E-state index is -4.55. The van der Waals surface area contributed by atoms with Crippen molar-refractivity contribution >= 4 is 16.6 Å². The Balaban J connectivity index is 1.62. The lowest BCUT2D eigenvalue weighted by molar-refractivity contribution is -0.138. The zero-order chi connectivity index (χ0) is 29.8. The van der Waals surface area contributed by atoms with Crippen molar-refractivity contribution in [3.8, 4) is 39.6 Å². The molecular formula is C32H14F6N4. The number of nitrogens with zero attached hydrogens (tertiary/aromatic N) is 4. The van der Waals surface area contributed by atoms with Gasteiger partial charge in [-0.25, -0.2) is 20.1 Å². The lowest BCUT2D eigenvalue weighted by atomic mass is 9.92. The quantitative estimate of drug-likeness (QED) is 0.119. The van der Waals surface area contributed by atoms with Crippen LogP contribution in [0.2, 0.25) is 0 Å². The van der Waals surface area contributed by atoms with Crippen LogP contribution in [-0.4, -0.2) is 9.97 Å². The van der Waals surface area contributed by atoms with Gasteiger partial charge >= 0.3 is 12.4 Å². The molecule has 0 atom stereocenters. The van der Waals surface area contributed by atoms with Gasteiger partial charge in [0.25, 0.3) is 5.70 Å². The Morgan fingerprint density at radius 2 is 1.10 bits per heavy atom. The monoisotopic (exact) mass is 568 g/mol. The summed E-state index contributed by atoms with van der Waals surface area (Å²) in [4.78, 5) is 12.9. The first-order chi connectivity index (χ1) is 20.0. The Kier molecular flexibility index (Phi) is 6.09. The number of alkyl halides is 6. The van der Waals surface area contributed by atoms with Gasteiger partial charge in [-0.15, -0.1) is 0 Å². The van der Waals surface area contributed by atoms with Gasteiger partial charge in [0.1, 0.15) is 0 Å². The van der Waals surface area contributed by atoms with Gasteiger partial charge in [0.05, 0.1) is 46.2 Å². The second-order valence-electron chi connectivity index (χ2n) is 9.45. The second kappa shape index (κ2) is 9.57. The molecular weight excluding hydrogens is 554 g/mol. The number of benzene rings is 4. The summed E-state index contributed by atoms with van der Waals surface area (Å²) in [6.45, 7) is 7.50. The fourth-order valence-electron chi connectivity index (χ4n) is 5.03. The molecule has 0 saturated carbocycles. The van der Waals surface area contributed by atoms with Crippen molar-refractivity contribution in [1.82, 2.24) is 9.97 Å². The first kappa shape index (κ1) is 26.7. The van der Waals surface area contributed by atoms with E-state index in [0.29, 0.717) is 61.4 Å². The predicted molar refractivity (Wildman–Crippen MR) is 144 cm³/mol. The van der Waals surface area contributed by atoms with Crippen molar-refractivity contribution in [3.63, 3.8) is 0 Å². The molecule has 6 rings (SSSR count). The van der Waals surface area contributed by atoms with Crippen LogP contribution >= 0.6 is 0 Å². The van der Waals surface area contributed by atoms with Crippen LogP contribution < -0.4 is 0 Å². The highest BCUT2D eigenvalue weighted by Gasteiger charge is 2.32. The highest BCUT2D eigenvalue weighted by molar-refractivity contribution is 6.03. The van der Waals surface area contributed by atoms with Gasteiger partial charge in [0.15, 0.2) is 0 Å². The topological polar surface area (TPSA) is 53.9 Å². The van der Waals surface area contributed by atoms with Gasteiger partial charge in [-0.1, -0.05) is 48.5 Å². The number of halogens is 6. The Morgan fingerprint density at radius 1 is 0.643 bits per heavy atom. The summed E-state index contributed by atoms with van der Waals surface area (Å²) in [6, 6.07) is 21.1. The maximum atomic E-state index is 13.3. The minimum absolute atomic E-state index is 0.167. The molecule has 0 N–H and O–H groups in total. The fraction of sp³-hybridized carbons (Fsp3) is 0.0625. The van der Waals surface area contributed by atoms with Crippen LogP contribution in [0.25, 0.3) is 55.0 Å². The van der Waals surface area contributed by atoms with Crippen LogP contribution in [-0.2, 0) is 12.4 Å². The molecule has 1 aromatic heterocycles. The molecule has 1 aliphatic carbocycles. The molecule has 0 radical (unpaired) electrons. The van der Waals surface area contributed by atoms with Gasteiger partial charge in [0, 0.05) is 11.1 Å². The third-order valence-corrected chi connectivity index (χ3v) is 6.99. The fourth-order valence-corrected chi connectivity index (χ4v) is 5.03. The summed E-state index contributed by atoms with van der Waals surface area (Å²) in [5, 5.41) is 9.64. The Labute approximate surface area is 234 Å². The second-order valence-corrected chi connectivity index (χ2v) is 9.45. The van der Waals surface area contributed by atoms with Crippen molar-refractivity contribution < 1.29 is 26.3 Å². The van der Waals surface area contributed by atoms with E-state index >= 15 is 0 Å². The van der Waals surface area contributed by atoms with E-state index in [1.54, 1.807) is 36.4 Å². The number of aromatic nitrogens is 2. The molecule has 1 heterocycles. The molecule has 0 fully saturated rings. The molecule has 0 bridgehead atoms. The number of hydrogen-bond acceptors (Lipinski definition) is 3. The van der Waals surface area contributed by atoms with Gasteiger partial charge in [0.2, 0.25) is 0 Å². The third kappa shape index (κ3) is 4.43. The number of allylic oxidation sites excluding steroid dienone is 1. The molecule has 4 nitrogen and oxygen atoms in total. The van der Waals surface area contributed by atoms with Crippen molar-refractivity contribution in [2.24, 2.45) is 0 Å². The average molecular weight is 568 g/mol. The number of rotatable bonds is 2. The summed E-state index contributed by atoms with van der Waals surface area (Å²) in [5.74, 6) is 0. The molecule has 0 spiro atoms. The zero-order valence-electron chi connectivity index (χ0n) is 21.1. The summed E-state index contributed by atoms with van der Waals surface area (Å²) in [6.07, 6.45) is -9.10. The molecule has 0 aliphatic heterocycles. The van der Waals surface area contributed by atoms with E-state index in [2.05, 4.69) is 4.85 Å². The lowest BCUT2D eigenvalue weighted by Crippen LogP contribution is -2.04. The van der Waals surface area contributed by atoms with Crippen LogP contribution in [0.3, 0.4) is 0 Å². The van der Waals surface area contributed by atoms with E-state index < -0.39 is 23.5 Å². The molecule has 4 aromatic carbocycles. The van der Waals surface area contributed by atoms with Crippen molar-refractivity contribution in [2.75, 3.05) is 0 Å². The van der Waals surface area contributed by atoms with Crippen molar-refractivity contribution in [3.05, 3.63) is 124 Å². The SMILES string of the molecule is [C-]#[N+]C(C#N)=C1c2ccccc2-c2nc3cc(-c4ccc(C(F)(F)F)cc4)c(-c4ccc(C(F)(F)F)cc4)cc3nc21. The van der Waals surface area contributed by atoms with Gasteiger partial charge in [-0.2, -0.15) is 26.3 Å². The molecule has 10 heteroatoms. The summed E-state index contributed by atoms with van der Waals surface area (Å²) < 4.78 is 79.5. The Hall–Kier alpha value is -5.48. The van der Waals surface area contributed by atoms with Crippen LogP contribution in [0.5, 0.6) is 0 Å². The van der Waals surface area contributed by atoms with Crippen molar-refractivity contribution in [2.45, 2.75) is 12.4 Å². The van der Waals surface area contributed by atoms with Crippen LogP contribution in [0.15, 0.2) is 90.6 Å². The van der Waals surface area contributed by atoms with E-state index in [1.807, 2.05) is 6.07 Å². The molecule has 0 amide bonds. The van der Waals surface area contributed by atoms with Crippen molar-refractivity contribution in [1.29, 1.82) is 5.26 Å². The molecule has 42 heavy (non-hydrogen) atoms. The molecule has 0 saturated heterocycles. The predicted octanol–water partition coefficient (Wildman–Crippen LogP) is 9.18. The van der Waals surface area contributed by atoms with E-state index in [-0.39, 0.29) is 5.70 Å². The molecule has 204 valence electrons. The number of hydrogen-bond donors (Lipinski definition) is 0. The molecule has 5 aromatic rings. The maximum absolute atomic E-state index is 13.3. The Morgan fingerprint density at radius 3 is 1.52 bits per heavy atom. The highest BCUT2D eigenvalue weighted by atomic mass is 19.4. The van der Waals surface area contributed by atoms with E-state index in [0.717, 1.165) is 24.3 Å². The zero-order valence-corrected chi connectivity index (χ0v) is 21.1. The first-order valence-electron chi connectivity index (χ1n) is 12.3. The number of fused-ring (bicyclic) bond motifs is 4. The normalized spacial score (nSPS) is 13.7. The lowest BCUT2D eigenvalue weighted by Gasteiger charge is -2.15. The number of nitriles is 1.